The topological polar surface area (TPSA) is 60.7 Å². The standard InChI is InChI=1S/C16H16ClN3O/c1-10(18-9-11-3-2-4-13(17)7-11)12-5-6-14-15(8-12)20-16(21)19-14/h2-8,10,18H,9H2,1H3,(H2,19,20,21). The third-order valence-electron chi connectivity index (χ3n) is 3.54. The highest BCUT2D eigenvalue weighted by atomic mass is 35.5. The number of hydrogen-bond donors (Lipinski definition) is 3. The fourth-order valence-electron chi connectivity index (χ4n) is 2.36. The molecule has 2 aromatic carbocycles. The summed E-state index contributed by atoms with van der Waals surface area (Å²) in [7, 11) is 0. The number of rotatable bonds is 4. The molecule has 3 aromatic rings. The maximum Gasteiger partial charge on any atom is 0.323 e. The van der Waals surface area contributed by atoms with Crippen LogP contribution in [0.15, 0.2) is 47.3 Å². The van der Waals surface area contributed by atoms with Gasteiger partial charge in [-0.1, -0.05) is 29.8 Å². The molecular formula is C16H16ClN3O. The van der Waals surface area contributed by atoms with Gasteiger partial charge in [-0.05, 0) is 42.3 Å². The van der Waals surface area contributed by atoms with Gasteiger partial charge in [-0.2, -0.15) is 0 Å². The van der Waals surface area contributed by atoms with Gasteiger partial charge in [0.15, 0.2) is 0 Å². The van der Waals surface area contributed by atoms with Crippen LogP contribution >= 0.6 is 11.6 Å². The Morgan fingerprint density at radius 3 is 2.76 bits per heavy atom. The molecule has 1 atom stereocenters. The van der Waals surface area contributed by atoms with E-state index in [-0.39, 0.29) is 11.7 Å². The average Bonchev–Trinajstić information content (AvgIpc) is 2.84. The minimum Gasteiger partial charge on any atom is -0.306 e. The lowest BCUT2D eigenvalue weighted by atomic mass is 10.1. The quantitative estimate of drug-likeness (QED) is 0.692. The fourth-order valence-corrected chi connectivity index (χ4v) is 2.57. The summed E-state index contributed by atoms with van der Waals surface area (Å²) in [4.78, 5) is 16.8. The molecule has 3 rings (SSSR count). The monoisotopic (exact) mass is 301 g/mol. The molecule has 0 fully saturated rings. The molecule has 1 unspecified atom stereocenters. The molecule has 0 radical (unpaired) electrons. The number of hydrogen-bond acceptors (Lipinski definition) is 2. The molecule has 0 aliphatic rings. The van der Waals surface area contributed by atoms with Crippen molar-refractivity contribution < 1.29 is 0 Å². The highest BCUT2D eigenvalue weighted by Crippen LogP contribution is 2.18. The zero-order valence-electron chi connectivity index (χ0n) is 11.6. The lowest BCUT2D eigenvalue weighted by Crippen LogP contribution is -2.18. The third-order valence-corrected chi connectivity index (χ3v) is 3.78. The van der Waals surface area contributed by atoms with Gasteiger partial charge in [0.2, 0.25) is 0 Å². The molecular weight excluding hydrogens is 286 g/mol. The summed E-state index contributed by atoms with van der Waals surface area (Å²) in [6.07, 6.45) is 0. The zero-order valence-corrected chi connectivity index (χ0v) is 12.4. The molecule has 1 heterocycles. The lowest BCUT2D eigenvalue weighted by molar-refractivity contribution is 0.575. The van der Waals surface area contributed by atoms with Crippen LogP contribution in [0.4, 0.5) is 0 Å². The molecule has 0 aliphatic heterocycles. The number of imidazole rings is 1. The lowest BCUT2D eigenvalue weighted by Gasteiger charge is -2.14. The van der Waals surface area contributed by atoms with Crippen molar-refractivity contribution in [3.63, 3.8) is 0 Å². The predicted molar refractivity (Wildman–Crippen MR) is 85.6 cm³/mol. The van der Waals surface area contributed by atoms with Crippen LogP contribution in [0.5, 0.6) is 0 Å². The van der Waals surface area contributed by atoms with Gasteiger partial charge in [-0.3, -0.25) is 0 Å². The summed E-state index contributed by atoms with van der Waals surface area (Å²) >= 11 is 5.98. The number of halogens is 1. The fraction of sp³-hybridized carbons (Fsp3) is 0.188. The Balaban J connectivity index is 1.74. The van der Waals surface area contributed by atoms with Crippen LogP contribution in [-0.4, -0.2) is 9.97 Å². The zero-order chi connectivity index (χ0) is 14.8. The smallest absolute Gasteiger partial charge is 0.306 e. The van der Waals surface area contributed by atoms with Gasteiger partial charge in [-0.25, -0.2) is 4.79 Å². The van der Waals surface area contributed by atoms with E-state index in [9.17, 15) is 4.79 Å². The van der Waals surface area contributed by atoms with Gasteiger partial charge >= 0.3 is 5.69 Å². The van der Waals surface area contributed by atoms with Crippen molar-refractivity contribution in [1.82, 2.24) is 15.3 Å². The predicted octanol–water partition coefficient (Wildman–Crippen LogP) is 3.36. The minimum absolute atomic E-state index is 0.173. The number of nitrogens with one attached hydrogen (secondary N) is 3. The molecule has 0 bridgehead atoms. The second kappa shape index (κ2) is 5.76. The number of benzene rings is 2. The molecule has 3 N–H and O–H groups in total. The van der Waals surface area contributed by atoms with Crippen LogP contribution in [0.3, 0.4) is 0 Å². The first-order valence-electron chi connectivity index (χ1n) is 6.81. The second-order valence-corrected chi connectivity index (χ2v) is 5.55. The van der Waals surface area contributed by atoms with Gasteiger partial charge in [0, 0.05) is 17.6 Å². The van der Waals surface area contributed by atoms with Gasteiger partial charge in [-0.15, -0.1) is 0 Å². The average molecular weight is 302 g/mol. The van der Waals surface area contributed by atoms with E-state index in [0.29, 0.717) is 0 Å². The Morgan fingerprint density at radius 2 is 1.95 bits per heavy atom. The van der Waals surface area contributed by atoms with Gasteiger partial charge < -0.3 is 15.3 Å². The number of fused-ring (bicyclic) bond motifs is 1. The van der Waals surface area contributed by atoms with Crippen LogP contribution in [-0.2, 0) is 6.54 Å². The summed E-state index contributed by atoms with van der Waals surface area (Å²) in [5.74, 6) is 0. The van der Waals surface area contributed by atoms with E-state index in [1.54, 1.807) is 0 Å². The van der Waals surface area contributed by atoms with Crippen molar-refractivity contribution in [1.29, 1.82) is 0 Å². The van der Waals surface area contributed by atoms with Crippen molar-refractivity contribution >= 4 is 22.6 Å². The molecule has 108 valence electrons. The van der Waals surface area contributed by atoms with E-state index in [1.807, 2.05) is 42.5 Å². The minimum atomic E-state index is -0.179. The molecule has 0 saturated carbocycles. The summed E-state index contributed by atoms with van der Waals surface area (Å²) in [5, 5.41) is 4.20. The number of H-pyrrole nitrogens is 2. The van der Waals surface area contributed by atoms with E-state index in [1.165, 1.54) is 0 Å². The maximum atomic E-state index is 11.3. The van der Waals surface area contributed by atoms with Crippen LogP contribution in [0, 0.1) is 0 Å². The largest absolute Gasteiger partial charge is 0.323 e. The normalized spacial score (nSPS) is 12.7. The maximum absolute atomic E-state index is 11.3. The Kier molecular flexibility index (Phi) is 3.82. The van der Waals surface area contributed by atoms with Crippen molar-refractivity contribution in [3.05, 3.63) is 69.1 Å². The summed E-state index contributed by atoms with van der Waals surface area (Å²) < 4.78 is 0. The first-order valence-corrected chi connectivity index (χ1v) is 7.19. The Hall–Kier alpha value is -2.04. The highest BCUT2D eigenvalue weighted by Gasteiger charge is 2.07. The molecule has 5 heteroatoms. The van der Waals surface area contributed by atoms with Crippen molar-refractivity contribution in [3.8, 4) is 0 Å². The SMILES string of the molecule is CC(NCc1cccc(Cl)c1)c1ccc2[nH]c(=O)[nH]c2c1. The Morgan fingerprint density at radius 1 is 1.14 bits per heavy atom. The van der Waals surface area contributed by atoms with Crippen molar-refractivity contribution in [2.45, 2.75) is 19.5 Å². The van der Waals surface area contributed by atoms with Crippen LogP contribution in [0.25, 0.3) is 11.0 Å². The molecule has 0 aliphatic carbocycles. The summed E-state index contributed by atoms with van der Waals surface area (Å²) in [5.41, 5.74) is 3.74. The number of aromatic amines is 2. The van der Waals surface area contributed by atoms with E-state index < -0.39 is 0 Å². The summed E-state index contributed by atoms with van der Waals surface area (Å²) in [6, 6.07) is 13.9. The molecule has 21 heavy (non-hydrogen) atoms. The van der Waals surface area contributed by atoms with Crippen LogP contribution in [0.2, 0.25) is 5.02 Å². The van der Waals surface area contributed by atoms with E-state index in [0.717, 1.165) is 33.7 Å². The van der Waals surface area contributed by atoms with E-state index in [2.05, 4.69) is 22.2 Å². The molecule has 1 aromatic heterocycles. The van der Waals surface area contributed by atoms with E-state index in [4.69, 9.17) is 11.6 Å². The van der Waals surface area contributed by atoms with Crippen molar-refractivity contribution in [2.24, 2.45) is 0 Å². The molecule has 0 spiro atoms. The highest BCUT2D eigenvalue weighted by molar-refractivity contribution is 6.30. The van der Waals surface area contributed by atoms with Gasteiger partial charge in [0.25, 0.3) is 0 Å². The molecule has 0 saturated heterocycles. The van der Waals surface area contributed by atoms with Crippen LogP contribution in [0.1, 0.15) is 24.1 Å². The second-order valence-electron chi connectivity index (χ2n) is 5.12. The Bertz CT molecular complexity index is 822. The summed E-state index contributed by atoms with van der Waals surface area (Å²) in [6.45, 7) is 2.83. The van der Waals surface area contributed by atoms with Crippen molar-refractivity contribution in [2.75, 3.05) is 0 Å². The first kappa shape index (κ1) is 13.9. The van der Waals surface area contributed by atoms with Gasteiger partial charge in [0.1, 0.15) is 0 Å². The number of aromatic nitrogens is 2. The first-order chi connectivity index (χ1) is 10.1. The molecule has 4 nitrogen and oxygen atoms in total. The van der Waals surface area contributed by atoms with E-state index >= 15 is 0 Å². The van der Waals surface area contributed by atoms with Crippen LogP contribution < -0.4 is 11.0 Å². The van der Waals surface area contributed by atoms with Gasteiger partial charge in [0.05, 0.1) is 11.0 Å². The Labute approximate surface area is 127 Å². The molecule has 0 amide bonds. The third kappa shape index (κ3) is 3.17.